The number of aromatic amines is 1. The number of fused-ring (bicyclic) bond motifs is 3. The van der Waals surface area contributed by atoms with Crippen LogP contribution in [0.2, 0.25) is 0 Å². The van der Waals surface area contributed by atoms with Gasteiger partial charge in [0, 0.05) is 28.8 Å². The van der Waals surface area contributed by atoms with Crippen molar-refractivity contribution in [3.63, 3.8) is 0 Å². The van der Waals surface area contributed by atoms with Crippen LogP contribution < -0.4 is 4.74 Å². The topological polar surface area (TPSA) is 42.1 Å². The highest BCUT2D eigenvalue weighted by Crippen LogP contribution is 2.46. The fourth-order valence-corrected chi connectivity index (χ4v) is 4.39. The van der Waals surface area contributed by atoms with Crippen LogP contribution in [-0.4, -0.2) is 17.2 Å². The molecule has 1 aromatic heterocycles. The molecule has 4 heteroatoms. The van der Waals surface area contributed by atoms with Gasteiger partial charge >= 0.3 is 5.97 Å². The molecule has 0 unspecified atom stereocenters. The zero-order valence-electron chi connectivity index (χ0n) is 15.5. The summed E-state index contributed by atoms with van der Waals surface area (Å²) in [5, 5.41) is 2.52. The van der Waals surface area contributed by atoms with E-state index < -0.39 is 0 Å². The number of carbonyl (C=O) groups excluding carboxylic acids is 1. The third-order valence-corrected chi connectivity index (χ3v) is 5.34. The largest absolute Gasteiger partial charge is 0.425 e. The average Bonchev–Trinajstić information content (AvgIpc) is 2.93. The lowest BCUT2D eigenvalue weighted by Gasteiger charge is -2.21. The number of aryl methyl sites for hydroxylation is 1. The molecule has 3 rings (SSSR count). The molecule has 0 aliphatic rings. The van der Waals surface area contributed by atoms with Crippen LogP contribution >= 0.6 is 11.8 Å². The molecular weight excluding hydrogens is 330 g/mol. The van der Waals surface area contributed by atoms with Gasteiger partial charge in [0.25, 0.3) is 0 Å². The van der Waals surface area contributed by atoms with Crippen molar-refractivity contribution in [3.8, 4) is 5.75 Å². The molecule has 0 aliphatic heterocycles. The SMILES string of the molecule is CCCc1c(C(C)C)c(OC(C)=O)c(SC)c2[nH]c3ccccc3c12. The summed E-state index contributed by atoms with van der Waals surface area (Å²) in [7, 11) is 0. The van der Waals surface area contributed by atoms with Crippen molar-refractivity contribution in [2.45, 2.75) is 51.3 Å². The minimum Gasteiger partial charge on any atom is -0.425 e. The number of hydrogen-bond acceptors (Lipinski definition) is 3. The van der Waals surface area contributed by atoms with E-state index in [2.05, 4.69) is 44.0 Å². The van der Waals surface area contributed by atoms with Crippen LogP contribution in [0.5, 0.6) is 5.75 Å². The average molecular weight is 356 g/mol. The van der Waals surface area contributed by atoms with Gasteiger partial charge in [0.05, 0.1) is 10.4 Å². The third-order valence-electron chi connectivity index (χ3n) is 4.54. The Balaban J connectivity index is 2.54. The summed E-state index contributed by atoms with van der Waals surface area (Å²) in [5.41, 5.74) is 4.68. The highest BCUT2D eigenvalue weighted by Gasteiger charge is 2.25. The van der Waals surface area contributed by atoms with E-state index in [1.165, 1.54) is 28.8 Å². The zero-order chi connectivity index (χ0) is 18.1. The Bertz CT molecular complexity index is 940. The second-order valence-corrected chi connectivity index (χ2v) is 7.49. The molecule has 0 saturated carbocycles. The lowest BCUT2D eigenvalue weighted by atomic mass is 9.89. The first-order valence-corrected chi connectivity index (χ1v) is 10.0. The van der Waals surface area contributed by atoms with Gasteiger partial charge < -0.3 is 9.72 Å². The molecule has 0 radical (unpaired) electrons. The van der Waals surface area contributed by atoms with Gasteiger partial charge in [0.15, 0.2) is 0 Å². The van der Waals surface area contributed by atoms with Crippen molar-refractivity contribution >= 4 is 39.5 Å². The second-order valence-electron chi connectivity index (χ2n) is 6.67. The van der Waals surface area contributed by atoms with Gasteiger partial charge in [-0.25, -0.2) is 0 Å². The summed E-state index contributed by atoms with van der Waals surface area (Å²) >= 11 is 1.63. The molecule has 2 aromatic carbocycles. The Morgan fingerprint density at radius 3 is 2.60 bits per heavy atom. The van der Waals surface area contributed by atoms with E-state index in [4.69, 9.17) is 4.74 Å². The standard InChI is InChI=1S/C21H25NO2S/c1-6-9-15-17(12(2)3)20(24-13(4)23)21(25-5)19-18(15)14-10-7-8-11-16(14)22-19/h7-8,10-12,22H,6,9H2,1-5H3. The number of rotatable bonds is 5. The second kappa shape index (κ2) is 7.12. The summed E-state index contributed by atoms with van der Waals surface area (Å²) in [4.78, 5) is 16.4. The maximum absolute atomic E-state index is 11.8. The molecule has 0 spiro atoms. The molecule has 132 valence electrons. The minimum atomic E-state index is -0.268. The molecule has 3 aromatic rings. The molecule has 0 fully saturated rings. The van der Waals surface area contributed by atoms with Gasteiger partial charge in [0.1, 0.15) is 5.75 Å². The van der Waals surface area contributed by atoms with E-state index in [0.29, 0.717) is 0 Å². The summed E-state index contributed by atoms with van der Waals surface area (Å²) in [6, 6.07) is 8.41. The van der Waals surface area contributed by atoms with E-state index in [1.807, 2.05) is 12.3 Å². The number of esters is 1. The fraction of sp³-hybridized carbons (Fsp3) is 0.381. The quantitative estimate of drug-likeness (QED) is 0.344. The predicted octanol–water partition coefficient (Wildman–Crippen LogP) is 6.04. The third kappa shape index (κ3) is 3.04. The van der Waals surface area contributed by atoms with Crippen LogP contribution in [0.4, 0.5) is 0 Å². The van der Waals surface area contributed by atoms with Crippen LogP contribution in [-0.2, 0) is 11.2 Å². The van der Waals surface area contributed by atoms with Crippen molar-refractivity contribution < 1.29 is 9.53 Å². The van der Waals surface area contributed by atoms with Gasteiger partial charge in [-0.2, -0.15) is 0 Å². The van der Waals surface area contributed by atoms with Crippen molar-refractivity contribution in [1.29, 1.82) is 0 Å². The summed E-state index contributed by atoms with van der Waals surface area (Å²) in [6.07, 6.45) is 4.05. The van der Waals surface area contributed by atoms with Crippen LogP contribution in [0, 0.1) is 0 Å². The van der Waals surface area contributed by atoms with E-state index in [1.54, 1.807) is 11.8 Å². The number of H-pyrrole nitrogens is 1. The summed E-state index contributed by atoms with van der Waals surface area (Å²) in [6.45, 7) is 8.01. The van der Waals surface area contributed by atoms with Gasteiger partial charge in [-0.05, 0) is 30.2 Å². The predicted molar refractivity (Wildman–Crippen MR) is 107 cm³/mol. The van der Waals surface area contributed by atoms with Crippen molar-refractivity contribution in [2.24, 2.45) is 0 Å². The highest BCUT2D eigenvalue weighted by atomic mass is 32.2. The Morgan fingerprint density at radius 1 is 1.28 bits per heavy atom. The summed E-state index contributed by atoms with van der Waals surface area (Å²) in [5.74, 6) is 0.743. The van der Waals surface area contributed by atoms with Gasteiger partial charge in [-0.1, -0.05) is 45.4 Å². The highest BCUT2D eigenvalue weighted by molar-refractivity contribution is 7.99. The van der Waals surface area contributed by atoms with Gasteiger partial charge in [-0.15, -0.1) is 11.8 Å². The molecule has 0 bridgehead atoms. The number of para-hydroxylation sites is 1. The number of carbonyl (C=O) groups is 1. The number of nitrogens with one attached hydrogen (secondary N) is 1. The van der Waals surface area contributed by atoms with Gasteiger partial charge in [-0.3, -0.25) is 4.79 Å². The number of hydrogen-bond donors (Lipinski definition) is 1. The lowest BCUT2D eigenvalue weighted by Crippen LogP contribution is -2.09. The molecule has 3 nitrogen and oxygen atoms in total. The number of thioether (sulfide) groups is 1. The fourth-order valence-electron chi connectivity index (χ4n) is 3.69. The van der Waals surface area contributed by atoms with Crippen molar-refractivity contribution in [3.05, 3.63) is 35.4 Å². The molecule has 25 heavy (non-hydrogen) atoms. The molecular formula is C21H25NO2S. The first-order valence-electron chi connectivity index (χ1n) is 8.81. The van der Waals surface area contributed by atoms with Crippen molar-refractivity contribution in [2.75, 3.05) is 6.26 Å². The van der Waals surface area contributed by atoms with E-state index in [9.17, 15) is 4.79 Å². The first kappa shape index (κ1) is 17.9. The van der Waals surface area contributed by atoms with E-state index >= 15 is 0 Å². The number of benzene rings is 2. The Hall–Kier alpha value is -1.94. The first-order chi connectivity index (χ1) is 12.0. The lowest BCUT2D eigenvalue weighted by molar-refractivity contribution is -0.132. The van der Waals surface area contributed by atoms with Crippen LogP contribution in [0.15, 0.2) is 29.2 Å². The van der Waals surface area contributed by atoms with Crippen LogP contribution in [0.25, 0.3) is 21.8 Å². The molecule has 0 amide bonds. The van der Waals surface area contributed by atoms with Crippen LogP contribution in [0.3, 0.4) is 0 Å². The molecule has 1 N–H and O–H groups in total. The maximum atomic E-state index is 11.8. The summed E-state index contributed by atoms with van der Waals surface area (Å²) < 4.78 is 5.74. The minimum absolute atomic E-state index is 0.268. The Kier molecular flexibility index (Phi) is 5.09. The molecule has 1 heterocycles. The van der Waals surface area contributed by atoms with Crippen molar-refractivity contribution in [1.82, 2.24) is 4.98 Å². The normalized spacial score (nSPS) is 11.6. The molecule has 0 saturated heterocycles. The molecule has 0 aliphatic carbocycles. The van der Waals surface area contributed by atoms with Gasteiger partial charge in [0.2, 0.25) is 0 Å². The zero-order valence-corrected chi connectivity index (χ0v) is 16.3. The maximum Gasteiger partial charge on any atom is 0.308 e. The Labute approximate surface area is 153 Å². The Morgan fingerprint density at radius 2 is 2.00 bits per heavy atom. The van der Waals surface area contributed by atoms with E-state index in [0.717, 1.165) is 34.5 Å². The number of ether oxygens (including phenoxy) is 1. The van der Waals surface area contributed by atoms with Crippen LogP contribution in [0.1, 0.15) is 51.2 Å². The number of aromatic nitrogens is 1. The monoisotopic (exact) mass is 355 g/mol. The molecule has 0 atom stereocenters. The smallest absolute Gasteiger partial charge is 0.308 e. The van der Waals surface area contributed by atoms with E-state index in [-0.39, 0.29) is 11.9 Å².